The molecule has 3 nitrogen and oxygen atoms in total. The summed E-state index contributed by atoms with van der Waals surface area (Å²) in [6.45, 7) is 8.87. The van der Waals surface area contributed by atoms with Crippen molar-refractivity contribution in [3.63, 3.8) is 0 Å². The first kappa shape index (κ1) is 24.1. The second kappa shape index (κ2) is 16.1. The van der Waals surface area contributed by atoms with E-state index in [0.717, 1.165) is 32.8 Å². The smallest absolute Gasteiger partial charge is 0.134 e. The van der Waals surface area contributed by atoms with Crippen LogP contribution >= 0.6 is 0 Å². The summed E-state index contributed by atoms with van der Waals surface area (Å²) in [6, 6.07) is 10.6. The Balaban J connectivity index is 2.05. The van der Waals surface area contributed by atoms with Crippen molar-refractivity contribution in [2.75, 3.05) is 33.4 Å². The highest BCUT2D eigenvalue weighted by Gasteiger charge is 2.26. The van der Waals surface area contributed by atoms with Crippen molar-refractivity contribution in [3.05, 3.63) is 35.9 Å². The molecule has 0 saturated carbocycles. The maximum absolute atomic E-state index is 5.91. The van der Waals surface area contributed by atoms with Gasteiger partial charge in [0.05, 0.1) is 13.7 Å². The van der Waals surface area contributed by atoms with E-state index in [1.54, 1.807) is 0 Å². The molecule has 0 aliphatic carbocycles. The topological polar surface area (TPSA) is 18.5 Å². The monoisotopic (exact) mass is 378 g/mol. The molecule has 0 saturated heterocycles. The summed E-state index contributed by atoms with van der Waals surface area (Å²) in [5.74, 6) is 0. The first-order chi connectivity index (χ1) is 13.3. The van der Waals surface area contributed by atoms with Crippen LogP contribution in [-0.4, -0.2) is 38.1 Å². The molecule has 1 aromatic carbocycles. The molecule has 0 bridgehead atoms. The highest BCUT2D eigenvalue weighted by Crippen LogP contribution is 2.15. The third-order valence-electron chi connectivity index (χ3n) is 5.56. The Morgan fingerprint density at radius 3 is 1.89 bits per heavy atom. The number of unbranched alkanes of at least 4 members (excludes halogenated alkanes) is 9. The zero-order valence-corrected chi connectivity index (χ0v) is 18.3. The number of likely N-dealkylation sites (N-methyl/N-ethyl adjacent to an activating group) is 1. The largest absolute Gasteiger partial charge is 0.375 e. The minimum Gasteiger partial charge on any atom is -0.375 e. The van der Waals surface area contributed by atoms with Gasteiger partial charge in [0.1, 0.15) is 19.6 Å². The van der Waals surface area contributed by atoms with E-state index >= 15 is 0 Å². The molecule has 0 aliphatic rings. The van der Waals surface area contributed by atoms with E-state index in [1.807, 2.05) is 7.11 Å². The van der Waals surface area contributed by atoms with Gasteiger partial charge in [-0.2, -0.15) is 4.65 Å². The molecule has 0 aliphatic heterocycles. The standard InChI is InChI=1S/C24H44NO2/c1-4-6-7-8-9-10-11-12-13-17-21-27-22-20-25(5-2,26-3)23-24-18-15-14-16-19-24/h14-16,18-19H,4-13,17,20-23H2,1-3H3/q+1. The predicted molar refractivity (Wildman–Crippen MR) is 115 cm³/mol. The van der Waals surface area contributed by atoms with Crippen LogP contribution in [0.2, 0.25) is 0 Å². The molecule has 1 aromatic rings. The molecule has 156 valence electrons. The zero-order chi connectivity index (χ0) is 19.6. The highest BCUT2D eigenvalue weighted by atomic mass is 16.7. The Labute approximate surface area is 168 Å². The molecular weight excluding hydrogens is 334 g/mol. The lowest BCUT2D eigenvalue weighted by Crippen LogP contribution is -2.48. The van der Waals surface area contributed by atoms with Gasteiger partial charge in [0, 0.05) is 12.2 Å². The van der Waals surface area contributed by atoms with Gasteiger partial charge in [-0.3, -0.25) is 0 Å². The molecular formula is C24H44NO2+. The van der Waals surface area contributed by atoms with Crippen molar-refractivity contribution >= 4 is 0 Å². The van der Waals surface area contributed by atoms with Gasteiger partial charge in [0.15, 0.2) is 0 Å². The van der Waals surface area contributed by atoms with Crippen molar-refractivity contribution in [3.8, 4) is 0 Å². The van der Waals surface area contributed by atoms with Gasteiger partial charge in [-0.15, -0.1) is 0 Å². The summed E-state index contributed by atoms with van der Waals surface area (Å²) < 4.78 is 6.53. The van der Waals surface area contributed by atoms with Crippen LogP contribution in [0.25, 0.3) is 0 Å². The molecule has 1 unspecified atom stereocenters. The fraction of sp³-hybridized carbons (Fsp3) is 0.750. The third kappa shape index (κ3) is 11.5. The van der Waals surface area contributed by atoms with Crippen LogP contribution in [0.15, 0.2) is 30.3 Å². The average molecular weight is 379 g/mol. The predicted octanol–water partition coefficient (Wildman–Crippen LogP) is 6.52. The fourth-order valence-electron chi connectivity index (χ4n) is 3.57. The van der Waals surface area contributed by atoms with Gasteiger partial charge in [-0.25, -0.2) is 4.84 Å². The Hall–Kier alpha value is -0.900. The quantitative estimate of drug-likeness (QED) is 0.164. The maximum atomic E-state index is 5.91. The van der Waals surface area contributed by atoms with Gasteiger partial charge in [0.25, 0.3) is 0 Å². The minimum atomic E-state index is 0.627. The Morgan fingerprint density at radius 1 is 0.741 bits per heavy atom. The normalized spacial score (nSPS) is 13.6. The lowest BCUT2D eigenvalue weighted by atomic mass is 10.1. The maximum Gasteiger partial charge on any atom is 0.134 e. The third-order valence-corrected chi connectivity index (χ3v) is 5.56. The summed E-state index contributed by atoms with van der Waals surface area (Å²) in [7, 11) is 1.81. The van der Waals surface area contributed by atoms with Crippen LogP contribution in [0.3, 0.4) is 0 Å². The fourth-order valence-corrected chi connectivity index (χ4v) is 3.57. The molecule has 0 radical (unpaired) electrons. The van der Waals surface area contributed by atoms with Crippen LogP contribution in [0, 0.1) is 0 Å². The molecule has 1 atom stereocenters. The Kier molecular flexibility index (Phi) is 14.4. The molecule has 0 fully saturated rings. The number of hydrogen-bond acceptors (Lipinski definition) is 2. The van der Waals surface area contributed by atoms with E-state index in [9.17, 15) is 0 Å². The van der Waals surface area contributed by atoms with Crippen LogP contribution in [0.4, 0.5) is 0 Å². The number of quaternary nitrogens is 1. The van der Waals surface area contributed by atoms with E-state index in [0.29, 0.717) is 4.65 Å². The molecule has 0 spiro atoms. The van der Waals surface area contributed by atoms with Crippen molar-refractivity contribution in [1.29, 1.82) is 0 Å². The molecule has 27 heavy (non-hydrogen) atoms. The van der Waals surface area contributed by atoms with Crippen molar-refractivity contribution < 1.29 is 14.2 Å². The molecule has 1 rings (SSSR count). The van der Waals surface area contributed by atoms with Gasteiger partial charge in [-0.05, 0) is 13.3 Å². The van der Waals surface area contributed by atoms with Gasteiger partial charge >= 0.3 is 0 Å². The highest BCUT2D eigenvalue weighted by molar-refractivity contribution is 5.13. The number of ether oxygens (including phenoxy) is 1. The molecule has 0 aromatic heterocycles. The van der Waals surface area contributed by atoms with Gasteiger partial charge < -0.3 is 4.74 Å². The summed E-state index contributed by atoms with van der Waals surface area (Å²) in [5, 5.41) is 0. The van der Waals surface area contributed by atoms with Crippen LogP contribution in [0.1, 0.15) is 83.6 Å². The Morgan fingerprint density at radius 2 is 1.33 bits per heavy atom. The van der Waals surface area contributed by atoms with Crippen LogP contribution in [0.5, 0.6) is 0 Å². The lowest BCUT2D eigenvalue weighted by molar-refractivity contribution is -1.11. The Bertz CT molecular complexity index is 431. The molecule has 3 heteroatoms. The SMILES string of the molecule is CCCCCCCCCCCCOCC[N+](CC)(Cc1ccccc1)OC. The number of hydrogen-bond donors (Lipinski definition) is 0. The number of hydroxylamine groups is 3. The van der Waals surface area contributed by atoms with Gasteiger partial charge in [-0.1, -0.05) is 95.0 Å². The summed E-state index contributed by atoms with van der Waals surface area (Å²) in [6.07, 6.45) is 13.7. The van der Waals surface area contributed by atoms with Crippen LogP contribution < -0.4 is 0 Å². The number of nitrogens with zero attached hydrogens (tertiary/aromatic N) is 1. The zero-order valence-electron chi connectivity index (χ0n) is 18.3. The first-order valence-corrected chi connectivity index (χ1v) is 11.3. The van der Waals surface area contributed by atoms with E-state index in [1.165, 1.54) is 69.8 Å². The molecule has 0 heterocycles. The summed E-state index contributed by atoms with van der Waals surface area (Å²) >= 11 is 0. The van der Waals surface area contributed by atoms with E-state index in [2.05, 4.69) is 44.2 Å². The van der Waals surface area contributed by atoms with Crippen LogP contribution in [-0.2, 0) is 16.1 Å². The number of benzene rings is 1. The first-order valence-electron chi connectivity index (χ1n) is 11.3. The van der Waals surface area contributed by atoms with Crippen molar-refractivity contribution in [1.82, 2.24) is 0 Å². The minimum absolute atomic E-state index is 0.627. The molecule has 0 N–H and O–H groups in total. The van der Waals surface area contributed by atoms with E-state index in [4.69, 9.17) is 9.57 Å². The van der Waals surface area contributed by atoms with Crippen molar-refractivity contribution in [2.45, 2.75) is 84.6 Å². The van der Waals surface area contributed by atoms with E-state index in [-0.39, 0.29) is 0 Å². The second-order valence-corrected chi connectivity index (χ2v) is 7.72. The van der Waals surface area contributed by atoms with Gasteiger partial charge in [0.2, 0.25) is 0 Å². The number of rotatable bonds is 18. The van der Waals surface area contributed by atoms with E-state index < -0.39 is 0 Å². The summed E-state index contributed by atoms with van der Waals surface area (Å²) in [4.78, 5) is 5.86. The van der Waals surface area contributed by atoms with Crippen molar-refractivity contribution in [2.24, 2.45) is 0 Å². The average Bonchev–Trinajstić information content (AvgIpc) is 2.71. The summed E-state index contributed by atoms with van der Waals surface area (Å²) in [5.41, 5.74) is 1.32. The lowest BCUT2D eigenvalue weighted by Gasteiger charge is -2.33. The second-order valence-electron chi connectivity index (χ2n) is 7.72. The molecule has 0 amide bonds.